The highest BCUT2D eigenvalue weighted by Crippen LogP contribution is 2.52. The van der Waals surface area contributed by atoms with Crippen LogP contribution in [0.3, 0.4) is 0 Å². The maximum atomic E-state index is 12.8. The lowest BCUT2D eigenvalue weighted by Crippen LogP contribution is -2.59. The molecule has 4 nitrogen and oxygen atoms in total. The molecule has 0 saturated heterocycles. The van der Waals surface area contributed by atoms with Crippen LogP contribution in [-0.2, 0) is 9.59 Å². The smallest absolute Gasteiger partial charge is 0.329 e. The summed E-state index contributed by atoms with van der Waals surface area (Å²) in [4.78, 5) is 24.8. The largest absolute Gasteiger partial charge is 0.480 e. The molecule has 0 saturated carbocycles. The van der Waals surface area contributed by atoms with Crippen molar-refractivity contribution >= 4 is 11.9 Å². The molecule has 0 heterocycles. The van der Waals surface area contributed by atoms with E-state index < -0.39 is 28.2 Å². The van der Waals surface area contributed by atoms with Gasteiger partial charge in [0.1, 0.15) is 5.75 Å². The Morgan fingerprint density at radius 2 is 1.33 bits per heavy atom. The van der Waals surface area contributed by atoms with E-state index >= 15 is 0 Å². The van der Waals surface area contributed by atoms with Gasteiger partial charge < -0.3 is 9.84 Å². The van der Waals surface area contributed by atoms with Gasteiger partial charge in [-0.25, -0.2) is 0 Å². The van der Waals surface area contributed by atoms with Gasteiger partial charge in [0.2, 0.25) is 0 Å². The van der Waals surface area contributed by atoms with Crippen LogP contribution in [0.1, 0.15) is 41.5 Å². The molecule has 0 amide bonds. The molecular weight excluding hydrogens is 268 g/mol. The summed E-state index contributed by atoms with van der Waals surface area (Å²) in [6, 6.07) is 8.54. The van der Waals surface area contributed by atoms with Crippen molar-refractivity contribution in [3.8, 4) is 5.75 Å². The molecule has 0 aliphatic carbocycles. The maximum Gasteiger partial charge on any atom is 0.329 e. The van der Waals surface area contributed by atoms with Crippen LogP contribution in [0.25, 0.3) is 0 Å². The van der Waals surface area contributed by atoms with Gasteiger partial charge in [-0.05, 0) is 23.0 Å². The van der Waals surface area contributed by atoms with Gasteiger partial charge in [0.05, 0.1) is 0 Å². The third-order valence-electron chi connectivity index (χ3n) is 3.83. The van der Waals surface area contributed by atoms with Gasteiger partial charge in [-0.2, -0.15) is 0 Å². The number of hydrogen-bond donors (Lipinski definition) is 1. The van der Waals surface area contributed by atoms with Crippen molar-refractivity contribution in [2.24, 2.45) is 16.2 Å². The minimum absolute atomic E-state index is 0.349. The highest BCUT2D eigenvalue weighted by Gasteiger charge is 2.63. The summed E-state index contributed by atoms with van der Waals surface area (Å²) >= 11 is 0. The number of esters is 1. The number of carbonyl (C=O) groups excluding carboxylic acids is 1. The van der Waals surface area contributed by atoms with E-state index in [4.69, 9.17) is 4.74 Å². The number of benzene rings is 1. The lowest BCUT2D eigenvalue weighted by Gasteiger charge is -2.47. The Bertz CT molecular complexity index is 504. The maximum absolute atomic E-state index is 12.8. The quantitative estimate of drug-likeness (QED) is 0.523. The van der Waals surface area contributed by atoms with Crippen molar-refractivity contribution in [2.45, 2.75) is 41.5 Å². The van der Waals surface area contributed by atoms with Gasteiger partial charge >= 0.3 is 11.9 Å². The topological polar surface area (TPSA) is 63.6 Å². The van der Waals surface area contributed by atoms with Crippen LogP contribution in [0, 0.1) is 16.2 Å². The summed E-state index contributed by atoms with van der Waals surface area (Å²) in [5.41, 5.74) is -3.26. The van der Waals surface area contributed by atoms with Crippen molar-refractivity contribution in [3.05, 3.63) is 30.3 Å². The Morgan fingerprint density at radius 1 is 0.905 bits per heavy atom. The van der Waals surface area contributed by atoms with Crippen molar-refractivity contribution < 1.29 is 19.4 Å². The molecule has 1 aromatic rings. The molecule has 4 heteroatoms. The van der Waals surface area contributed by atoms with E-state index in [-0.39, 0.29) is 0 Å². The van der Waals surface area contributed by atoms with Gasteiger partial charge in [0.25, 0.3) is 0 Å². The van der Waals surface area contributed by atoms with Crippen molar-refractivity contribution in [1.29, 1.82) is 0 Å². The van der Waals surface area contributed by atoms with Crippen molar-refractivity contribution in [1.82, 2.24) is 0 Å². The normalized spacial score (nSPS) is 12.9. The summed E-state index contributed by atoms with van der Waals surface area (Å²) in [7, 11) is 0. The Morgan fingerprint density at radius 3 is 1.67 bits per heavy atom. The molecular formula is C17H24O4. The molecule has 1 N–H and O–H groups in total. The van der Waals surface area contributed by atoms with E-state index in [1.54, 1.807) is 71.9 Å². The molecule has 0 atom stereocenters. The first-order chi connectivity index (χ1) is 9.44. The Balaban J connectivity index is 3.38. The second kappa shape index (κ2) is 5.51. The van der Waals surface area contributed by atoms with Crippen LogP contribution in [0.15, 0.2) is 30.3 Å². The third-order valence-corrected chi connectivity index (χ3v) is 3.83. The van der Waals surface area contributed by atoms with Crippen LogP contribution in [0.5, 0.6) is 5.75 Å². The fourth-order valence-electron chi connectivity index (χ4n) is 3.14. The average Bonchev–Trinajstić information content (AvgIpc) is 2.25. The number of aliphatic carboxylic acids is 1. The predicted molar refractivity (Wildman–Crippen MR) is 81.1 cm³/mol. The highest BCUT2D eigenvalue weighted by molar-refractivity contribution is 6.01. The number of rotatable bonds is 3. The van der Waals surface area contributed by atoms with Gasteiger partial charge in [0, 0.05) is 0 Å². The molecule has 21 heavy (non-hydrogen) atoms. The zero-order valence-corrected chi connectivity index (χ0v) is 13.6. The number of carbonyl (C=O) groups is 2. The van der Waals surface area contributed by atoms with Crippen molar-refractivity contribution in [3.63, 3.8) is 0 Å². The lowest BCUT2D eigenvalue weighted by atomic mass is 9.54. The van der Waals surface area contributed by atoms with E-state index in [9.17, 15) is 14.7 Å². The molecule has 116 valence electrons. The summed E-state index contributed by atoms with van der Waals surface area (Å²) in [6.07, 6.45) is 0. The van der Waals surface area contributed by atoms with E-state index in [0.29, 0.717) is 5.75 Å². The Kier molecular flexibility index (Phi) is 4.51. The Labute approximate surface area is 126 Å². The first-order valence-corrected chi connectivity index (χ1v) is 6.95. The van der Waals surface area contributed by atoms with Crippen molar-refractivity contribution in [2.75, 3.05) is 0 Å². The van der Waals surface area contributed by atoms with E-state index in [1.165, 1.54) is 0 Å². The standard InChI is InChI=1S/C17H24O4/c1-15(2,3)17(13(18)19,16(4,5)6)14(20)21-12-10-8-7-9-11-12/h7-11H,1-6H3,(H,18,19). The van der Waals surface area contributed by atoms with Gasteiger partial charge in [0.15, 0.2) is 5.41 Å². The molecule has 0 fully saturated rings. The Hall–Kier alpha value is -1.84. The van der Waals surface area contributed by atoms with E-state index in [0.717, 1.165) is 0 Å². The molecule has 0 bridgehead atoms. The van der Waals surface area contributed by atoms with Gasteiger partial charge in [-0.1, -0.05) is 59.7 Å². The summed E-state index contributed by atoms with van der Waals surface area (Å²) < 4.78 is 5.37. The minimum atomic E-state index is -1.66. The molecule has 0 spiro atoms. The minimum Gasteiger partial charge on any atom is -0.480 e. The molecule has 0 aliphatic rings. The number of carboxylic acids is 1. The fraction of sp³-hybridized carbons (Fsp3) is 0.529. The number of para-hydroxylation sites is 1. The number of ether oxygens (including phenoxy) is 1. The SMILES string of the molecule is CC(C)(C)C(C(=O)O)(C(=O)Oc1ccccc1)C(C)(C)C. The number of carboxylic acid groups (broad SMARTS) is 1. The summed E-state index contributed by atoms with van der Waals surface area (Å²) in [5.74, 6) is -1.55. The third kappa shape index (κ3) is 2.94. The van der Waals surface area contributed by atoms with Crippen LogP contribution < -0.4 is 4.74 Å². The number of hydrogen-bond acceptors (Lipinski definition) is 3. The molecule has 0 aliphatic heterocycles. The second-order valence-electron chi connectivity index (χ2n) is 7.26. The predicted octanol–water partition coefficient (Wildman–Crippen LogP) is 3.76. The summed E-state index contributed by atoms with van der Waals surface area (Å²) in [5, 5.41) is 9.84. The molecule has 0 aromatic heterocycles. The summed E-state index contributed by atoms with van der Waals surface area (Å²) in [6.45, 7) is 10.5. The molecule has 1 aromatic carbocycles. The van der Waals surface area contributed by atoms with Crippen LogP contribution >= 0.6 is 0 Å². The lowest BCUT2D eigenvalue weighted by molar-refractivity contribution is -0.184. The zero-order chi connectivity index (χ0) is 16.5. The van der Waals surface area contributed by atoms with E-state index in [1.807, 2.05) is 0 Å². The van der Waals surface area contributed by atoms with Gasteiger partial charge in [-0.15, -0.1) is 0 Å². The molecule has 1 rings (SSSR count). The highest BCUT2D eigenvalue weighted by atomic mass is 16.5. The first-order valence-electron chi connectivity index (χ1n) is 6.95. The van der Waals surface area contributed by atoms with Gasteiger partial charge in [-0.3, -0.25) is 9.59 Å². The second-order valence-corrected chi connectivity index (χ2v) is 7.26. The molecule has 0 radical (unpaired) electrons. The average molecular weight is 292 g/mol. The molecule has 0 unspecified atom stereocenters. The zero-order valence-electron chi connectivity index (χ0n) is 13.6. The van der Waals surface area contributed by atoms with Crippen LogP contribution in [-0.4, -0.2) is 17.0 Å². The van der Waals surface area contributed by atoms with Crippen LogP contribution in [0.2, 0.25) is 0 Å². The van der Waals surface area contributed by atoms with E-state index in [2.05, 4.69) is 0 Å². The fourth-order valence-corrected chi connectivity index (χ4v) is 3.14. The monoisotopic (exact) mass is 292 g/mol. The van der Waals surface area contributed by atoms with Crippen LogP contribution in [0.4, 0.5) is 0 Å². The first kappa shape index (κ1) is 17.2.